The first-order valence-electron chi connectivity index (χ1n) is 6.34. The minimum Gasteiger partial charge on any atom is -0.465 e. The third-order valence-corrected chi connectivity index (χ3v) is 3.43. The number of ether oxygens (including phenoxy) is 1. The van der Waals surface area contributed by atoms with Gasteiger partial charge in [0.2, 0.25) is 0 Å². The Bertz CT molecular complexity index is 990. The summed E-state index contributed by atoms with van der Waals surface area (Å²) in [7, 11) is 1.25. The van der Waals surface area contributed by atoms with Gasteiger partial charge in [0.05, 0.1) is 34.0 Å². The smallest absolute Gasteiger partial charge is 0.339 e. The summed E-state index contributed by atoms with van der Waals surface area (Å²) in [6.07, 6.45) is 0. The van der Waals surface area contributed by atoms with Gasteiger partial charge in [0.1, 0.15) is 0 Å². The third-order valence-electron chi connectivity index (χ3n) is 3.43. The standard InChI is InChI=1S/C15H10N2O5/c1-22-15(19)10-4-2-3-9-13(10)16-12-6-5-8(17(20)21)7-11(12)14(9)18/h2-7H,1H3,(H,16,18). The van der Waals surface area contributed by atoms with E-state index in [4.69, 9.17) is 4.74 Å². The second kappa shape index (κ2) is 4.96. The molecular formula is C15H10N2O5. The highest BCUT2D eigenvalue weighted by atomic mass is 16.6. The average Bonchev–Trinajstić information content (AvgIpc) is 2.53. The number of esters is 1. The van der Waals surface area contributed by atoms with Gasteiger partial charge >= 0.3 is 5.97 Å². The van der Waals surface area contributed by atoms with Crippen LogP contribution in [0.25, 0.3) is 21.8 Å². The molecule has 0 saturated carbocycles. The number of para-hydroxylation sites is 1. The number of methoxy groups -OCH3 is 1. The Hall–Kier alpha value is -3.22. The van der Waals surface area contributed by atoms with Gasteiger partial charge in [-0.25, -0.2) is 4.79 Å². The summed E-state index contributed by atoms with van der Waals surface area (Å²) in [6.45, 7) is 0. The first-order chi connectivity index (χ1) is 10.5. The second-order valence-corrected chi connectivity index (χ2v) is 4.66. The van der Waals surface area contributed by atoms with Gasteiger partial charge in [0.15, 0.2) is 5.43 Å². The maximum absolute atomic E-state index is 12.5. The van der Waals surface area contributed by atoms with Crippen LogP contribution in [-0.4, -0.2) is 23.0 Å². The molecule has 22 heavy (non-hydrogen) atoms. The first-order valence-corrected chi connectivity index (χ1v) is 6.34. The largest absolute Gasteiger partial charge is 0.465 e. The number of H-pyrrole nitrogens is 1. The van der Waals surface area contributed by atoms with Crippen molar-refractivity contribution < 1.29 is 14.5 Å². The van der Waals surface area contributed by atoms with Gasteiger partial charge in [-0.2, -0.15) is 0 Å². The molecule has 0 saturated heterocycles. The molecule has 0 aliphatic rings. The van der Waals surface area contributed by atoms with Gasteiger partial charge < -0.3 is 9.72 Å². The van der Waals surface area contributed by atoms with Crippen LogP contribution in [0, 0.1) is 10.1 Å². The van der Waals surface area contributed by atoms with E-state index in [-0.39, 0.29) is 27.5 Å². The van der Waals surface area contributed by atoms with Crippen molar-refractivity contribution in [3.05, 3.63) is 62.3 Å². The van der Waals surface area contributed by atoms with Crippen molar-refractivity contribution in [2.75, 3.05) is 7.11 Å². The summed E-state index contributed by atoms with van der Waals surface area (Å²) in [5, 5.41) is 11.3. The number of aromatic amines is 1. The topological polar surface area (TPSA) is 102 Å². The van der Waals surface area contributed by atoms with E-state index in [1.54, 1.807) is 18.2 Å². The number of carbonyl (C=O) groups excluding carboxylic acids is 1. The Labute approximate surface area is 123 Å². The predicted octanol–water partition coefficient (Wildman–Crippen LogP) is 2.38. The number of non-ortho nitro benzene ring substituents is 1. The van der Waals surface area contributed by atoms with Gasteiger partial charge in [-0.3, -0.25) is 14.9 Å². The Kier molecular flexibility index (Phi) is 3.10. The Balaban J connectivity index is 2.44. The van der Waals surface area contributed by atoms with Crippen molar-refractivity contribution in [3.63, 3.8) is 0 Å². The maximum Gasteiger partial charge on any atom is 0.339 e. The van der Waals surface area contributed by atoms with E-state index < -0.39 is 10.9 Å². The molecule has 1 N–H and O–H groups in total. The van der Waals surface area contributed by atoms with Crippen LogP contribution in [0.15, 0.2) is 41.2 Å². The van der Waals surface area contributed by atoms with Crippen molar-refractivity contribution in [2.24, 2.45) is 0 Å². The van der Waals surface area contributed by atoms with Crippen molar-refractivity contribution in [2.45, 2.75) is 0 Å². The summed E-state index contributed by atoms with van der Waals surface area (Å²) in [5.41, 5.74) is 0.456. The number of pyridine rings is 1. The molecule has 3 aromatic rings. The number of nitro groups is 1. The van der Waals surface area contributed by atoms with E-state index in [0.717, 1.165) is 0 Å². The molecule has 0 bridgehead atoms. The first kappa shape index (κ1) is 13.7. The highest BCUT2D eigenvalue weighted by molar-refractivity contribution is 6.05. The fourth-order valence-electron chi connectivity index (χ4n) is 2.38. The summed E-state index contributed by atoms with van der Waals surface area (Å²) in [5.74, 6) is -0.567. The Morgan fingerprint density at radius 1 is 1.23 bits per heavy atom. The molecule has 0 spiro atoms. The van der Waals surface area contributed by atoms with Gasteiger partial charge in [-0.15, -0.1) is 0 Å². The van der Waals surface area contributed by atoms with Crippen LogP contribution in [0.2, 0.25) is 0 Å². The maximum atomic E-state index is 12.5. The van der Waals surface area contributed by atoms with E-state index in [2.05, 4.69) is 4.98 Å². The van der Waals surface area contributed by atoms with Crippen LogP contribution < -0.4 is 5.43 Å². The van der Waals surface area contributed by atoms with Crippen molar-refractivity contribution >= 4 is 33.5 Å². The molecule has 0 fully saturated rings. The van der Waals surface area contributed by atoms with Crippen LogP contribution in [-0.2, 0) is 4.74 Å². The fraction of sp³-hybridized carbons (Fsp3) is 0.0667. The zero-order valence-corrected chi connectivity index (χ0v) is 11.5. The Morgan fingerprint density at radius 2 is 2.00 bits per heavy atom. The van der Waals surface area contributed by atoms with Gasteiger partial charge in [0, 0.05) is 17.5 Å². The lowest BCUT2D eigenvalue weighted by Gasteiger charge is -2.06. The SMILES string of the molecule is COC(=O)c1cccc2c(=O)c3cc([N+](=O)[O-])ccc3[nH]c12. The second-order valence-electron chi connectivity index (χ2n) is 4.66. The van der Waals surface area contributed by atoms with Crippen molar-refractivity contribution in [1.29, 1.82) is 0 Å². The number of fused-ring (bicyclic) bond motifs is 2. The number of benzene rings is 2. The lowest BCUT2D eigenvalue weighted by atomic mass is 10.1. The molecule has 2 aromatic carbocycles. The molecule has 0 amide bonds. The summed E-state index contributed by atoms with van der Waals surface area (Å²) < 4.78 is 4.70. The lowest BCUT2D eigenvalue weighted by molar-refractivity contribution is -0.384. The third kappa shape index (κ3) is 1.99. The predicted molar refractivity (Wildman–Crippen MR) is 80.1 cm³/mol. The molecule has 1 aromatic heterocycles. The van der Waals surface area contributed by atoms with Crippen LogP contribution in [0.1, 0.15) is 10.4 Å². The van der Waals surface area contributed by atoms with Gasteiger partial charge in [0.25, 0.3) is 5.69 Å². The number of nitrogens with zero attached hydrogens (tertiary/aromatic N) is 1. The number of carbonyl (C=O) groups is 1. The monoisotopic (exact) mass is 298 g/mol. The van der Waals surface area contributed by atoms with Gasteiger partial charge in [-0.05, 0) is 18.2 Å². The van der Waals surface area contributed by atoms with Crippen LogP contribution in [0.5, 0.6) is 0 Å². The average molecular weight is 298 g/mol. The van der Waals surface area contributed by atoms with Crippen LogP contribution >= 0.6 is 0 Å². The molecule has 7 heteroatoms. The van der Waals surface area contributed by atoms with Crippen molar-refractivity contribution in [3.8, 4) is 0 Å². The molecule has 110 valence electrons. The number of nitro benzene ring substituents is 1. The number of nitrogens with one attached hydrogen (secondary N) is 1. The number of aromatic nitrogens is 1. The number of rotatable bonds is 2. The highest BCUT2D eigenvalue weighted by Crippen LogP contribution is 2.22. The minimum absolute atomic E-state index is 0.165. The molecule has 3 rings (SSSR count). The molecular weight excluding hydrogens is 288 g/mol. The molecule has 7 nitrogen and oxygen atoms in total. The zero-order valence-electron chi connectivity index (χ0n) is 11.5. The quantitative estimate of drug-likeness (QED) is 0.338. The van der Waals surface area contributed by atoms with E-state index in [1.807, 2.05) is 0 Å². The summed E-state index contributed by atoms with van der Waals surface area (Å²) in [4.78, 5) is 37.6. The summed E-state index contributed by atoms with van der Waals surface area (Å²) in [6, 6.07) is 8.62. The fourth-order valence-corrected chi connectivity index (χ4v) is 2.38. The van der Waals surface area contributed by atoms with E-state index in [9.17, 15) is 19.7 Å². The van der Waals surface area contributed by atoms with E-state index in [1.165, 1.54) is 25.3 Å². The Morgan fingerprint density at radius 3 is 2.68 bits per heavy atom. The van der Waals surface area contributed by atoms with Crippen LogP contribution in [0.4, 0.5) is 5.69 Å². The molecule has 0 atom stereocenters. The molecule has 0 aliphatic carbocycles. The summed E-state index contributed by atoms with van der Waals surface area (Å²) >= 11 is 0. The van der Waals surface area contributed by atoms with E-state index in [0.29, 0.717) is 11.0 Å². The molecule has 0 radical (unpaired) electrons. The van der Waals surface area contributed by atoms with Gasteiger partial charge in [-0.1, -0.05) is 6.07 Å². The highest BCUT2D eigenvalue weighted by Gasteiger charge is 2.15. The minimum atomic E-state index is -0.567. The molecule has 0 unspecified atom stereocenters. The molecule has 1 heterocycles. The van der Waals surface area contributed by atoms with E-state index >= 15 is 0 Å². The number of hydrogen-bond donors (Lipinski definition) is 1. The zero-order chi connectivity index (χ0) is 15.9. The molecule has 0 aliphatic heterocycles. The normalized spacial score (nSPS) is 10.8. The van der Waals surface area contributed by atoms with Crippen molar-refractivity contribution in [1.82, 2.24) is 4.98 Å². The number of hydrogen-bond acceptors (Lipinski definition) is 5. The lowest BCUT2D eigenvalue weighted by Crippen LogP contribution is -2.09. The van der Waals surface area contributed by atoms with Crippen LogP contribution in [0.3, 0.4) is 0 Å².